The molecule has 0 saturated carbocycles. The van der Waals surface area contributed by atoms with E-state index in [0.717, 1.165) is 72.8 Å². The summed E-state index contributed by atoms with van der Waals surface area (Å²) in [6, 6.07) is 91.7. The highest BCUT2D eigenvalue weighted by Crippen LogP contribution is 2.66. The highest BCUT2D eigenvalue weighted by atomic mass is 32.2. The van der Waals surface area contributed by atoms with Crippen molar-refractivity contribution < 1.29 is 9.15 Å². The van der Waals surface area contributed by atoms with E-state index in [0.29, 0.717) is 0 Å². The lowest BCUT2D eigenvalue weighted by Gasteiger charge is -2.40. The molecule has 0 fully saturated rings. The first-order valence-corrected chi connectivity index (χ1v) is 25.5. The van der Waals surface area contributed by atoms with E-state index < -0.39 is 10.8 Å². The Kier molecular flexibility index (Phi) is 8.24. The Bertz CT molecular complexity index is 4170. The molecule has 1 aromatic heterocycles. The summed E-state index contributed by atoms with van der Waals surface area (Å²) < 4.78 is 13.1. The van der Waals surface area contributed by atoms with E-state index in [1.165, 1.54) is 65.4 Å². The van der Waals surface area contributed by atoms with Gasteiger partial charge in [0.15, 0.2) is 0 Å². The SMILES string of the molecule is c1ccc2c(c1)Oc1ccccc1C21c2ccccc2-c2c(N(c3ccc(-c4ccc5c(c4)oc4ccccc45)cc3)c3ccc4c(c3)C3(c5ccccc5Sc5ccccc53)c3ccccc3-4)cccc21. The molecular formula is C68H41NO2S. The standard InChI is InChI=1S/C68H41NO2S/c1-4-19-51-46(16-1)47-39-37-45(41-58(47)68(51)55-23-8-13-30-64(55)72-65-31-14-9-24-56(65)68)69(44-35-32-42(33-36-44)43-34-38-49-48-17-3-10-27-60(48)70-63(49)40-43)59-26-15-25-57-66(59)50-18-2-5-20-52(50)67(57)53-21-6-11-28-61(53)71-62-29-12-7-22-54(62)67/h1-41H. The second-order valence-electron chi connectivity index (χ2n) is 19.4. The van der Waals surface area contributed by atoms with Gasteiger partial charge in [0.05, 0.1) is 16.5 Å². The number of furan rings is 1. The van der Waals surface area contributed by atoms with E-state index in [-0.39, 0.29) is 0 Å². The van der Waals surface area contributed by atoms with Gasteiger partial charge in [-0.15, -0.1) is 0 Å². The van der Waals surface area contributed by atoms with Gasteiger partial charge in [0, 0.05) is 48.6 Å². The third-order valence-electron chi connectivity index (χ3n) is 16.0. The van der Waals surface area contributed by atoms with Gasteiger partial charge in [-0.2, -0.15) is 0 Å². The molecule has 72 heavy (non-hydrogen) atoms. The van der Waals surface area contributed by atoms with Gasteiger partial charge in [-0.05, 0) is 134 Å². The van der Waals surface area contributed by atoms with Crippen molar-refractivity contribution in [1.82, 2.24) is 0 Å². The molecule has 4 heteroatoms. The molecule has 4 aliphatic rings. The van der Waals surface area contributed by atoms with Crippen LogP contribution >= 0.6 is 11.8 Å². The molecule has 12 aromatic rings. The minimum absolute atomic E-state index is 0.532. The number of fused-ring (bicyclic) bond motifs is 21. The van der Waals surface area contributed by atoms with Crippen molar-refractivity contribution in [3.05, 3.63) is 293 Å². The first-order valence-electron chi connectivity index (χ1n) is 24.7. The van der Waals surface area contributed by atoms with E-state index in [9.17, 15) is 0 Å². The number of para-hydroxylation sites is 3. The average molecular weight is 936 g/mol. The number of nitrogens with zero attached hydrogens (tertiary/aromatic N) is 1. The van der Waals surface area contributed by atoms with Gasteiger partial charge in [0.1, 0.15) is 22.7 Å². The van der Waals surface area contributed by atoms with Crippen molar-refractivity contribution in [1.29, 1.82) is 0 Å². The third kappa shape index (κ3) is 5.21. The fourth-order valence-electron chi connectivity index (χ4n) is 13.2. The zero-order chi connectivity index (χ0) is 47.1. The first-order chi connectivity index (χ1) is 35.7. The molecular weight excluding hydrogens is 895 g/mol. The van der Waals surface area contributed by atoms with E-state index in [4.69, 9.17) is 9.15 Å². The van der Waals surface area contributed by atoms with Gasteiger partial charge >= 0.3 is 0 Å². The third-order valence-corrected chi connectivity index (χ3v) is 17.2. The van der Waals surface area contributed by atoms with Crippen molar-refractivity contribution in [2.45, 2.75) is 20.6 Å². The summed E-state index contributed by atoms with van der Waals surface area (Å²) in [6.45, 7) is 0. The molecule has 3 nitrogen and oxygen atoms in total. The summed E-state index contributed by atoms with van der Waals surface area (Å²) in [4.78, 5) is 5.10. The number of anilines is 3. The summed E-state index contributed by atoms with van der Waals surface area (Å²) in [7, 11) is 0. The molecule has 0 atom stereocenters. The van der Waals surface area contributed by atoms with E-state index in [1.807, 2.05) is 23.9 Å². The van der Waals surface area contributed by atoms with Crippen molar-refractivity contribution >= 4 is 50.8 Å². The summed E-state index contributed by atoms with van der Waals surface area (Å²) in [5, 5.41) is 2.26. The molecule has 0 unspecified atom stereocenters. The van der Waals surface area contributed by atoms with Crippen molar-refractivity contribution in [3.63, 3.8) is 0 Å². The van der Waals surface area contributed by atoms with E-state index >= 15 is 0 Å². The predicted molar refractivity (Wildman–Crippen MR) is 293 cm³/mol. The Morgan fingerprint density at radius 3 is 1.60 bits per heavy atom. The van der Waals surface area contributed by atoms with Crippen LogP contribution in [-0.4, -0.2) is 0 Å². The summed E-state index contributed by atoms with van der Waals surface area (Å²) >= 11 is 1.88. The maximum Gasteiger partial charge on any atom is 0.136 e. The molecule has 0 N–H and O–H groups in total. The van der Waals surface area contributed by atoms with Crippen LogP contribution in [0.25, 0.3) is 55.3 Å². The van der Waals surface area contributed by atoms with Crippen LogP contribution in [0, 0.1) is 0 Å². The largest absolute Gasteiger partial charge is 0.457 e. The first kappa shape index (κ1) is 40.0. The minimum Gasteiger partial charge on any atom is -0.457 e. The molecule has 0 radical (unpaired) electrons. The van der Waals surface area contributed by atoms with Crippen LogP contribution in [0.4, 0.5) is 17.1 Å². The minimum atomic E-state index is -0.616. The molecule has 0 amide bonds. The Morgan fingerprint density at radius 1 is 0.333 bits per heavy atom. The smallest absolute Gasteiger partial charge is 0.136 e. The quantitative estimate of drug-likeness (QED) is 0.176. The van der Waals surface area contributed by atoms with Crippen molar-refractivity contribution in [3.8, 4) is 44.9 Å². The fraction of sp³-hybridized carbons (Fsp3) is 0.0294. The fourth-order valence-corrected chi connectivity index (χ4v) is 14.4. The second kappa shape index (κ2) is 14.8. The Balaban J connectivity index is 0.960. The van der Waals surface area contributed by atoms with Gasteiger partial charge in [0.25, 0.3) is 0 Å². The monoisotopic (exact) mass is 935 g/mol. The number of hydrogen-bond acceptors (Lipinski definition) is 4. The summed E-state index contributed by atoms with van der Waals surface area (Å²) in [5.41, 5.74) is 21.1. The topological polar surface area (TPSA) is 25.6 Å². The van der Waals surface area contributed by atoms with Gasteiger partial charge in [-0.3, -0.25) is 0 Å². The number of hydrogen-bond donors (Lipinski definition) is 0. The molecule has 2 aliphatic heterocycles. The molecule has 11 aromatic carbocycles. The lowest BCUT2D eigenvalue weighted by Crippen LogP contribution is -2.32. The van der Waals surface area contributed by atoms with Crippen LogP contribution in [0.3, 0.4) is 0 Å². The molecule has 0 bridgehead atoms. The maximum atomic E-state index is 6.75. The molecule has 3 heterocycles. The summed E-state index contributed by atoms with van der Waals surface area (Å²) in [6.07, 6.45) is 0. The molecule has 2 spiro atoms. The highest BCUT2D eigenvalue weighted by Gasteiger charge is 2.53. The maximum absolute atomic E-state index is 6.75. The van der Waals surface area contributed by atoms with Crippen molar-refractivity contribution in [2.75, 3.05) is 4.90 Å². The van der Waals surface area contributed by atoms with Crippen LogP contribution in [0.5, 0.6) is 11.5 Å². The Hall–Kier alpha value is -8.83. The zero-order valence-electron chi connectivity index (χ0n) is 38.8. The van der Waals surface area contributed by atoms with E-state index in [1.54, 1.807) is 0 Å². The Morgan fingerprint density at radius 2 is 0.861 bits per heavy atom. The molecule has 0 saturated heterocycles. The number of rotatable bonds is 4. The Labute approximate surface area is 421 Å². The average Bonchev–Trinajstić information content (AvgIpc) is 4.07. The van der Waals surface area contributed by atoms with Gasteiger partial charge in [0.2, 0.25) is 0 Å². The second-order valence-corrected chi connectivity index (χ2v) is 20.5. The summed E-state index contributed by atoms with van der Waals surface area (Å²) in [5.74, 6) is 1.76. The normalized spacial score (nSPS) is 14.4. The van der Waals surface area contributed by atoms with Crippen LogP contribution in [0.15, 0.2) is 263 Å². The molecule has 336 valence electrons. The number of ether oxygens (including phenoxy) is 1. The lowest BCUT2D eigenvalue weighted by atomic mass is 9.66. The molecule has 16 rings (SSSR count). The number of benzene rings is 11. The lowest BCUT2D eigenvalue weighted by molar-refractivity contribution is 0.436. The predicted octanol–water partition coefficient (Wildman–Crippen LogP) is 18.0. The van der Waals surface area contributed by atoms with Crippen LogP contribution in [0.2, 0.25) is 0 Å². The van der Waals surface area contributed by atoms with Crippen LogP contribution in [-0.2, 0) is 10.8 Å². The molecule has 2 aliphatic carbocycles. The van der Waals surface area contributed by atoms with Crippen molar-refractivity contribution in [2.24, 2.45) is 0 Å². The van der Waals surface area contributed by atoms with Gasteiger partial charge in [-0.25, -0.2) is 0 Å². The van der Waals surface area contributed by atoms with E-state index in [2.05, 4.69) is 241 Å². The van der Waals surface area contributed by atoms with Crippen LogP contribution in [0.1, 0.15) is 44.5 Å². The zero-order valence-corrected chi connectivity index (χ0v) is 39.7. The highest BCUT2D eigenvalue weighted by molar-refractivity contribution is 7.99. The van der Waals surface area contributed by atoms with Crippen LogP contribution < -0.4 is 9.64 Å². The van der Waals surface area contributed by atoms with Gasteiger partial charge < -0.3 is 14.1 Å². The van der Waals surface area contributed by atoms with Gasteiger partial charge in [-0.1, -0.05) is 188 Å².